The van der Waals surface area contributed by atoms with E-state index in [1.54, 1.807) is 18.2 Å². The van der Waals surface area contributed by atoms with Crippen LogP contribution in [0.4, 0.5) is 18.9 Å². The number of aromatic amines is 1. The van der Waals surface area contributed by atoms with Gasteiger partial charge in [0.25, 0.3) is 11.5 Å². The number of ether oxygens (including phenoxy) is 1. The Morgan fingerprint density at radius 3 is 2.72 bits per heavy atom. The maximum absolute atomic E-state index is 14.1. The molecule has 0 unspecified atom stereocenters. The molecule has 7 nitrogen and oxygen atoms in total. The lowest BCUT2D eigenvalue weighted by Crippen LogP contribution is -2.21. The van der Waals surface area contributed by atoms with Crippen molar-refractivity contribution in [3.05, 3.63) is 87.6 Å². The molecule has 1 aliphatic heterocycles. The molecule has 0 saturated heterocycles. The van der Waals surface area contributed by atoms with Crippen LogP contribution in [0.2, 0.25) is 0 Å². The lowest BCUT2D eigenvalue weighted by molar-refractivity contribution is -0.143. The summed E-state index contributed by atoms with van der Waals surface area (Å²) in [4.78, 5) is 27.3. The van der Waals surface area contributed by atoms with Gasteiger partial charge in [0.1, 0.15) is 0 Å². The zero-order valence-corrected chi connectivity index (χ0v) is 16.4. The van der Waals surface area contributed by atoms with Gasteiger partial charge in [-0.15, -0.1) is 0 Å². The molecule has 2 aromatic heterocycles. The summed E-state index contributed by atoms with van der Waals surface area (Å²) in [6.45, 7) is 0.841. The number of alkyl halides is 3. The van der Waals surface area contributed by atoms with Crippen molar-refractivity contribution >= 4 is 22.4 Å². The minimum Gasteiger partial charge on any atom is -0.372 e. The highest BCUT2D eigenvalue weighted by Gasteiger charge is 2.41. The van der Waals surface area contributed by atoms with Gasteiger partial charge in [-0.25, -0.2) is 4.68 Å². The van der Waals surface area contributed by atoms with Crippen molar-refractivity contribution in [1.29, 1.82) is 0 Å². The number of carbonyl (C=O) groups is 1. The zero-order chi connectivity index (χ0) is 22.5. The molecule has 0 radical (unpaired) electrons. The molecule has 5 rings (SSSR count). The average molecular weight is 440 g/mol. The van der Waals surface area contributed by atoms with Crippen LogP contribution < -0.4 is 10.9 Å². The largest absolute Gasteiger partial charge is 0.434 e. The molecule has 10 heteroatoms. The number of amides is 1. The van der Waals surface area contributed by atoms with E-state index in [1.165, 1.54) is 30.5 Å². The van der Waals surface area contributed by atoms with Crippen molar-refractivity contribution in [2.45, 2.75) is 19.4 Å². The van der Waals surface area contributed by atoms with Gasteiger partial charge in [-0.05, 0) is 41.5 Å². The minimum absolute atomic E-state index is 0.0367. The van der Waals surface area contributed by atoms with Crippen LogP contribution in [0, 0.1) is 0 Å². The molecule has 2 N–H and O–H groups in total. The summed E-state index contributed by atoms with van der Waals surface area (Å²) in [6.07, 6.45) is -2.66. The molecule has 2 aromatic carbocycles. The van der Waals surface area contributed by atoms with Crippen LogP contribution in [0.5, 0.6) is 0 Å². The van der Waals surface area contributed by atoms with Crippen molar-refractivity contribution in [2.75, 3.05) is 5.32 Å². The average Bonchev–Trinajstić information content (AvgIpc) is 3.40. The number of hydrogen-bond donors (Lipinski definition) is 2. The number of hydrogen-bond acceptors (Lipinski definition) is 4. The summed E-state index contributed by atoms with van der Waals surface area (Å²) >= 11 is 0. The monoisotopic (exact) mass is 440 g/mol. The van der Waals surface area contributed by atoms with Crippen LogP contribution in [0.25, 0.3) is 16.5 Å². The van der Waals surface area contributed by atoms with Crippen molar-refractivity contribution in [1.82, 2.24) is 14.8 Å². The fourth-order valence-electron chi connectivity index (χ4n) is 3.81. The predicted octanol–water partition coefficient (Wildman–Crippen LogP) is 4.02. The standard InChI is InChI=1S/C22H15F3N4O3/c23-22(24,25)19-17(21(31)28-14-5-4-12-10-32-11-13(12)8-14)9-27-29(19)18-3-1-2-16-15(18)6-7-26-20(16)30/h1-9H,10-11H2,(H,26,30)(H,28,31). The first-order valence-corrected chi connectivity index (χ1v) is 9.60. The maximum atomic E-state index is 14.1. The molecule has 32 heavy (non-hydrogen) atoms. The number of nitrogens with zero attached hydrogens (tertiary/aromatic N) is 2. The van der Waals surface area contributed by atoms with Gasteiger partial charge in [0, 0.05) is 22.7 Å². The van der Waals surface area contributed by atoms with Gasteiger partial charge in [0.05, 0.1) is 30.7 Å². The molecule has 1 aliphatic rings. The number of fused-ring (bicyclic) bond motifs is 2. The summed E-state index contributed by atoms with van der Waals surface area (Å²) in [5.74, 6) is -0.944. The third-order valence-electron chi connectivity index (χ3n) is 5.28. The Labute approximate surface area is 178 Å². The highest BCUT2D eigenvalue weighted by atomic mass is 19.4. The number of aromatic nitrogens is 3. The normalized spacial score (nSPS) is 13.3. The molecule has 4 aromatic rings. The number of pyridine rings is 1. The van der Waals surface area contributed by atoms with E-state index >= 15 is 0 Å². The van der Waals surface area contributed by atoms with E-state index in [1.807, 2.05) is 0 Å². The van der Waals surface area contributed by atoms with E-state index in [4.69, 9.17) is 4.74 Å². The highest BCUT2D eigenvalue weighted by molar-refractivity contribution is 6.05. The molecular formula is C22H15F3N4O3. The van der Waals surface area contributed by atoms with Crippen LogP contribution in [0.15, 0.2) is 59.7 Å². The third kappa shape index (κ3) is 3.34. The van der Waals surface area contributed by atoms with Gasteiger partial charge in [-0.1, -0.05) is 12.1 Å². The van der Waals surface area contributed by atoms with Crippen molar-refractivity contribution in [3.63, 3.8) is 0 Å². The summed E-state index contributed by atoms with van der Waals surface area (Å²) in [7, 11) is 0. The highest BCUT2D eigenvalue weighted by Crippen LogP contribution is 2.35. The van der Waals surface area contributed by atoms with Gasteiger partial charge in [-0.2, -0.15) is 18.3 Å². The first-order chi connectivity index (χ1) is 15.3. The number of benzene rings is 2. The van der Waals surface area contributed by atoms with Crippen molar-refractivity contribution in [3.8, 4) is 5.69 Å². The van der Waals surface area contributed by atoms with Crippen molar-refractivity contribution in [2.24, 2.45) is 0 Å². The fourth-order valence-corrected chi connectivity index (χ4v) is 3.81. The van der Waals surface area contributed by atoms with Crippen LogP contribution in [0.3, 0.4) is 0 Å². The Kier molecular flexibility index (Phi) is 4.59. The molecular weight excluding hydrogens is 425 g/mol. The van der Waals surface area contributed by atoms with E-state index in [-0.39, 0.29) is 16.5 Å². The number of carbonyl (C=O) groups excluding carboxylic acids is 1. The second-order valence-electron chi connectivity index (χ2n) is 7.29. The quantitative estimate of drug-likeness (QED) is 0.504. The van der Waals surface area contributed by atoms with E-state index in [0.29, 0.717) is 23.6 Å². The molecule has 0 spiro atoms. The molecule has 162 valence electrons. The van der Waals surface area contributed by atoms with Crippen LogP contribution in [-0.2, 0) is 24.1 Å². The Hall–Kier alpha value is -3.92. The van der Waals surface area contributed by atoms with E-state index in [2.05, 4.69) is 15.4 Å². The van der Waals surface area contributed by atoms with Gasteiger partial charge in [0.2, 0.25) is 0 Å². The summed E-state index contributed by atoms with van der Waals surface area (Å²) in [5.41, 5.74) is -0.0632. The molecule has 3 heterocycles. The smallest absolute Gasteiger partial charge is 0.372 e. The summed E-state index contributed by atoms with van der Waals surface area (Å²) < 4.78 is 48.1. The first-order valence-electron chi connectivity index (χ1n) is 9.60. The van der Waals surface area contributed by atoms with E-state index in [0.717, 1.165) is 17.3 Å². The lowest BCUT2D eigenvalue weighted by atomic mass is 10.1. The van der Waals surface area contributed by atoms with Crippen molar-refractivity contribution < 1.29 is 22.7 Å². The van der Waals surface area contributed by atoms with Gasteiger partial charge < -0.3 is 15.0 Å². The summed E-state index contributed by atoms with van der Waals surface area (Å²) in [5, 5.41) is 6.85. The van der Waals surface area contributed by atoms with Crippen LogP contribution >= 0.6 is 0 Å². The molecule has 0 fully saturated rings. The minimum atomic E-state index is -4.88. The van der Waals surface area contributed by atoms with Gasteiger partial charge in [-0.3, -0.25) is 9.59 Å². The fraction of sp³-hybridized carbons (Fsp3) is 0.136. The number of nitrogens with one attached hydrogen (secondary N) is 2. The second-order valence-corrected chi connectivity index (χ2v) is 7.29. The number of H-pyrrole nitrogens is 1. The number of anilines is 1. The first kappa shape index (κ1) is 20.0. The molecule has 0 atom stereocenters. The van der Waals surface area contributed by atoms with Crippen LogP contribution in [-0.4, -0.2) is 20.7 Å². The topological polar surface area (TPSA) is 89.0 Å². The SMILES string of the molecule is O=C(Nc1ccc2c(c1)COC2)c1cnn(-c2cccc3c(=O)[nH]ccc23)c1C(F)(F)F. The van der Waals surface area contributed by atoms with Gasteiger partial charge >= 0.3 is 6.18 Å². The predicted molar refractivity (Wildman–Crippen MR) is 110 cm³/mol. The Morgan fingerprint density at radius 1 is 1.09 bits per heavy atom. The maximum Gasteiger partial charge on any atom is 0.434 e. The number of rotatable bonds is 3. The Bertz CT molecular complexity index is 1420. The molecule has 0 bridgehead atoms. The van der Waals surface area contributed by atoms with Gasteiger partial charge in [0.15, 0.2) is 5.69 Å². The third-order valence-corrected chi connectivity index (χ3v) is 5.28. The van der Waals surface area contributed by atoms with E-state index in [9.17, 15) is 22.8 Å². The van der Waals surface area contributed by atoms with E-state index < -0.39 is 28.9 Å². The zero-order valence-electron chi connectivity index (χ0n) is 16.4. The second kappa shape index (κ2) is 7.34. The number of halogens is 3. The summed E-state index contributed by atoms with van der Waals surface area (Å²) in [6, 6.07) is 10.9. The molecule has 0 saturated carbocycles. The Morgan fingerprint density at radius 2 is 1.91 bits per heavy atom. The molecule has 1 amide bonds. The lowest BCUT2D eigenvalue weighted by Gasteiger charge is -2.14. The molecule has 0 aliphatic carbocycles. The van der Waals surface area contributed by atoms with Crippen LogP contribution in [0.1, 0.15) is 27.2 Å². The Balaban J connectivity index is 1.59.